The van der Waals surface area contributed by atoms with Crippen LogP contribution in [0.3, 0.4) is 0 Å². The van der Waals surface area contributed by atoms with E-state index in [9.17, 15) is 0 Å². The highest BCUT2D eigenvalue weighted by molar-refractivity contribution is 6.01. The number of rotatable bonds is 2. The Morgan fingerprint density at radius 3 is 3.05 bits per heavy atom. The molecule has 19 heavy (non-hydrogen) atoms. The van der Waals surface area contributed by atoms with Crippen LogP contribution in [0.5, 0.6) is 5.75 Å². The van der Waals surface area contributed by atoms with E-state index >= 15 is 0 Å². The molecule has 98 valence electrons. The van der Waals surface area contributed by atoms with Gasteiger partial charge in [0.05, 0.1) is 18.5 Å². The molecule has 0 fully saturated rings. The smallest absolute Gasteiger partial charge is 0.153 e. The fourth-order valence-electron chi connectivity index (χ4n) is 1.96. The zero-order chi connectivity index (χ0) is 13.2. The molecule has 2 aromatic rings. The van der Waals surface area contributed by atoms with E-state index in [0.29, 0.717) is 12.2 Å². The summed E-state index contributed by atoms with van der Waals surface area (Å²) < 4.78 is 11.0. The third-order valence-corrected chi connectivity index (χ3v) is 2.94. The SMILES string of the molecule is CC1Oc2cc(N)ccc2NC1=NCc1ccco1. The van der Waals surface area contributed by atoms with Crippen molar-refractivity contribution in [3.63, 3.8) is 0 Å². The van der Waals surface area contributed by atoms with Crippen molar-refractivity contribution in [2.75, 3.05) is 11.1 Å². The molecule has 1 aromatic carbocycles. The van der Waals surface area contributed by atoms with Crippen molar-refractivity contribution in [2.45, 2.75) is 19.6 Å². The average Bonchev–Trinajstić information content (AvgIpc) is 2.89. The van der Waals surface area contributed by atoms with E-state index in [-0.39, 0.29) is 6.10 Å². The zero-order valence-electron chi connectivity index (χ0n) is 10.6. The Labute approximate surface area is 111 Å². The van der Waals surface area contributed by atoms with Crippen LogP contribution in [0.2, 0.25) is 0 Å². The third kappa shape index (κ3) is 2.40. The van der Waals surface area contributed by atoms with E-state index in [0.717, 1.165) is 23.0 Å². The second kappa shape index (κ2) is 4.68. The van der Waals surface area contributed by atoms with E-state index in [1.165, 1.54) is 0 Å². The first-order chi connectivity index (χ1) is 9.22. The monoisotopic (exact) mass is 257 g/mol. The minimum absolute atomic E-state index is 0.135. The van der Waals surface area contributed by atoms with E-state index in [1.54, 1.807) is 6.26 Å². The molecule has 2 heterocycles. The lowest BCUT2D eigenvalue weighted by Gasteiger charge is -2.26. The molecular formula is C14H15N3O2. The molecule has 1 aliphatic rings. The molecule has 0 spiro atoms. The summed E-state index contributed by atoms with van der Waals surface area (Å²) in [6, 6.07) is 9.27. The summed E-state index contributed by atoms with van der Waals surface area (Å²) in [6.45, 7) is 2.44. The molecule has 1 unspecified atom stereocenters. The fraction of sp³-hybridized carbons (Fsp3) is 0.214. The Morgan fingerprint density at radius 2 is 2.26 bits per heavy atom. The van der Waals surface area contributed by atoms with Gasteiger partial charge in [0, 0.05) is 11.8 Å². The van der Waals surface area contributed by atoms with Gasteiger partial charge in [-0.3, -0.25) is 4.99 Å². The van der Waals surface area contributed by atoms with Crippen LogP contribution in [-0.4, -0.2) is 11.9 Å². The molecule has 1 aliphatic heterocycles. The van der Waals surface area contributed by atoms with E-state index in [2.05, 4.69) is 10.3 Å². The number of nitrogens with one attached hydrogen (secondary N) is 1. The summed E-state index contributed by atoms with van der Waals surface area (Å²) in [7, 11) is 0. The van der Waals surface area contributed by atoms with Gasteiger partial charge in [-0.05, 0) is 31.2 Å². The van der Waals surface area contributed by atoms with Crippen LogP contribution >= 0.6 is 0 Å². The highest BCUT2D eigenvalue weighted by Crippen LogP contribution is 2.31. The number of furan rings is 1. The van der Waals surface area contributed by atoms with Gasteiger partial charge in [-0.1, -0.05) is 0 Å². The van der Waals surface area contributed by atoms with Crippen LogP contribution in [0.1, 0.15) is 12.7 Å². The van der Waals surface area contributed by atoms with E-state index in [1.807, 2.05) is 37.3 Å². The maximum atomic E-state index is 5.79. The molecule has 3 N–H and O–H groups in total. The maximum Gasteiger partial charge on any atom is 0.153 e. The predicted octanol–water partition coefficient (Wildman–Crippen LogP) is 2.65. The van der Waals surface area contributed by atoms with Gasteiger partial charge in [-0.2, -0.15) is 0 Å². The lowest BCUT2D eigenvalue weighted by Crippen LogP contribution is -2.34. The van der Waals surface area contributed by atoms with Gasteiger partial charge in [0.15, 0.2) is 6.10 Å². The van der Waals surface area contributed by atoms with Crippen LogP contribution < -0.4 is 15.8 Å². The number of benzene rings is 1. The largest absolute Gasteiger partial charge is 0.481 e. The van der Waals surface area contributed by atoms with Gasteiger partial charge in [-0.25, -0.2) is 0 Å². The summed E-state index contributed by atoms with van der Waals surface area (Å²) in [5, 5.41) is 3.26. The van der Waals surface area contributed by atoms with Crippen molar-refractivity contribution in [3.8, 4) is 5.75 Å². The number of amidine groups is 1. The fourth-order valence-corrected chi connectivity index (χ4v) is 1.96. The molecule has 5 heteroatoms. The highest BCUT2D eigenvalue weighted by atomic mass is 16.5. The number of hydrogen-bond donors (Lipinski definition) is 2. The van der Waals surface area contributed by atoms with Crippen LogP contribution in [0, 0.1) is 0 Å². The molecule has 0 amide bonds. The minimum atomic E-state index is -0.135. The number of nitrogens with zero attached hydrogens (tertiary/aromatic N) is 1. The number of nitrogen functional groups attached to an aromatic ring is 1. The molecular weight excluding hydrogens is 242 g/mol. The molecule has 1 atom stereocenters. The maximum absolute atomic E-state index is 5.79. The minimum Gasteiger partial charge on any atom is -0.481 e. The average molecular weight is 257 g/mol. The van der Waals surface area contributed by atoms with E-state index < -0.39 is 0 Å². The second-order valence-electron chi connectivity index (χ2n) is 4.42. The molecule has 0 saturated carbocycles. The molecule has 1 aromatic heterocycles. The molecule has 0 radical (unpaired) electrons. The Bertz CT molecular complexity index is 605. The summed E-state index contributed by atoms with van der Waals surface area (Å²) in [5.41, 5.74) is 7.30. The van der Waals surface area contributed by atoms with Gasteiger partial charge < -0.3 is 20.2 Å². The summed E-state index contributed by atoms with van der Waals surface area (Å²) in [6.07, 6.45) is 1.51. The molecule has 3 rings (SSSR count). The lowest BCUT2D eigenvalue weighted by atomic mass is 10.2. The predicted molar refractivity (Wildman–Crippen MR) is 74.4 cm³/mol. The van der Waals surface area contributed by atoms with Crippen molar-refractivity contribution in [1.29, 1.82) is 0 Å². The van der Waals surface area contributed by atoms with Gasteiger partial charge in [-0.15, -0.1) is 0 Å². The molecule has 0 saturated heterocycles. The normalized spacial score (nSPS) is 19.6. The number of aliphatic imine (C=N–C) groups is 1. The van der Waals surface area contributed by atoms with Crippen molar-refractivity contribution in [2.24, 2.45) is 4.99 Å². The standard InChI is InChI=1S/C14H15N3O2/c1-9-14(16-8-11-3-2-6-18-11)17-12-5-4-10(15)7-13(12)19-9/h2-7,9H,8,15H2,1H3,(H,16,17). The van der Waals surface area contributed by atoms with Gasteiger partial charge in [0.2, 0.25) is 0 Å². The zero-order valence-corrected chi connectivity index (χ0v) is 10.6. The Kier molecular flexibility index (Phi) is 2.87. The van der Waals surface area contributed by atoms with Crippen LogP contribution in [0.15, 0.2) is 46.0 Å². The summed E-state index contributed by atoms with van der Waals surface area (Å²) in [5.74, 6) is 2.36. The lowest BCUT2D eigenvalue weighted by molar-refractivity contribution is 0.282. The third-order valence-electron chi connectivity index (χ3n) is 2.94. The first-order valence-electron chi connectivity index (χ1n) is 6.12. The van der Waals surface area contributed by atoms with Gasteiger partial charge in [0.25, 0.3) is 0 Å². The van der Waals surface area contributed by atoms with Crippen molar-refractivity contribution >= 4 is 17.2 Å². The molecule has 5 nitrogen and oxygen atoms in total. The Morgan fingerprint density at radius 1 is 1.37 bits per heavy atom. The van der Waals surface area contributed by atoms with Crippen LogP contribution in [-0.2, 0) is 6.54 Å². The first kappa shape index (κ1) is 11.6. The number of ether oxygens (including phenoxy) is 1. The quantitative estimate of drug-likeness (QED) is 0.811. The van der Waals surface area contributed by atoms with Crippen LogP contribution in [0.4, 0.5) is 11.4 Å². The molecule has 0 bridgehead atoms. The Balaban J connectivity index is 1.81. The second-order valence-corrected chi connectivity index (χ2v) is 4.42. The number of anilines is 2. The molecule has 0 aliphatic carbocycles. The Hall–Kier alpha value is -2.43. The van der Waals surface area contributed by atoms with Crippen molar-refractivity contribution < 1.29 is 9.15 Å². The number of fused-ring (bicyclic) bond motifs is 1. The van der Waals surface area contributed by atoms with Crippen molar-refractivity contribution in [3.05, 3.63) is 42.4 Å². The van der Waals surface area contributed by atoms with Gasteiger partial charge >= 0.3 is 0 Å². The van der Waals surface area contributed by atoms with Gasteiger partial charge in [0.1, 0.15) is 17.3 Å². The number of nitrogens with two attached hydrogens (primary N) is 1. The first-order valence-corrected chi connectivity index (χ1v) is 6.12. The topological polar surface area (TPSA) is 72.8 Å². The van der Waals surface area contributed by atoms with Crippen molar-refractivity contribution in [1.82, 2.24) is 0 Å². The highest BCUT2D eigenvalue weighted by Gasteiger charge is 2.21. The van der Waals surface area contributed by atoms with Crippen LogP contribution in [0.25, 0.3) is 0 Å². The van der Waals surface area contributed by atoms with E-state index in [4.69, 9.17) is 14.9 Å². The number of hydrogen-bond acceptors (Lipinski definition) is 4. The summed E-state index contributed by atoms with van der Waals surface area (Å²) >= 11 is 0. The summed E-state index contributed by atoms with van der Waals surface area (Å²) in [4.78, 5) is 4.48.